The maximum absolute atomic E-state index is 11.3. The Hall–Kier alpha value is -1.38. The summed E-state index contributed by atoms with van der Waals surface area (Å²) in [5.74, 6) is 0. The molecule has 0 saturated heterocycles. The van der Waals surface area contributed by atoms with E-state index >= 15 is 0 Å². The van der Waals surface area contributed by atoms with E-state index in [2.05, 4.69) is 25.2 Å². The Balaban J connectivity index is 2.49. The zero-order valence-corrected chi connectivity index (χ0v) is 13.1. The molecular formula is C15H22N2O2S. The van der Waals surface area contributed by atoms with Gasteiger partial charge in [0.25, 0.3) is 0 Å². The fourth-order valence-electron chi connectivity index (χ4n) is 1.88. The van der Waals surface area contributed by atoms with Gasteiger partial charge in [0.15, 0.2) is 9.84 Å². The molecule has 1 aromatic rings. The smallest absolute Gasteiger partial charge is 0.175 e. The van der Waals surface area contributed by atoms with Crippen LogP contribution in [0.4, 0.5) is 0 Å². The van der Waals surface area contributed by atoms with Crippen molar-refractivity contribution in [2.45, 2.75) is 38.1 Å². The molecule has 1 rings (SSSR count). The van der Waals surface area contributed by atoms with Crippen molar-refractivity contribution in [3.8, 4) is 6.07 Å². The Morgan fingerprint density at radius 1 is 1.25 bits per heavy atom. The Morgan fingerprint density at radius 3 is 2.35 bits per heavy atom. The predicted octanol–water partition coefficient (Wildman–Crippen LogP) is 2.51. The summed E-state index contributed by atoms with van der Waals surface area (Å²) >= 11 is 0. The number of hydrogen-bond donors (Lipinski definition) is 1. The second-order valence-electron chi connectivity index (χ2n) is 5.84. The normalized spacial score (nSPS) is 12.1. The van der Waals surface area contributed by atoms with Crippen molar-refractivity contribution < 1.29 is 8.42 Å². The van der Waals surface area contributed by atoms with E-state index in [0.717, 1.165) is 18.5 Å². The van der Waals surface area contributed by atoms with E-state index in [4.69, 9.17) is 5.26 Å². The molecule has 0 radical (unpaired) electrons. The molecule has 0 aliphatic heterocycles. The van der Waals surface area contributed by atoms with Crippen LogP contribution in [0.2, 0.25) is 0 Å². The van der Waals surface area contributed by atoms with Crippen molar-refractivity contribution >= 4 is 9.84 Å². The SMILES string of the molecule is CC(C)(CCC#N)CNCc1ccc(S(C)(=O)=O)cc1. The molecule has 0 heterocycles. The molecule has 0 unspecified atom stereocenters. The number of hydrogen-bond acceptors (Lipinski definition) is 4. The molecule has 0 aliphatic carbocycles. The monoisotopic (exact) mass is 294 g/mol. The van der Waals surface area contributed by atoms with E-state index in [1.807, 2.05) is 12.1 Å². The molecule has 0 aromatic heterocycles. The highest BCUT2D eigenvalue weighted by Gasteiger charge is 2.16. The van der Waals surface area contributed by atoms with Crippen molar-refractivity contribution in [1.29, 1.82) is 5.26 Å². The molecule has 110 valence electrons. The summed E-state index contributed by atoms with van der Waals surface area (Å²) in [4.78, 5) is 0.343. The molecule has 0 aliphatic rings. The van der Waals surface area contributed by atoms with Crippen molar-refractivity contribution in [1.82, 2.24) is 5.32 Å². The van der Waals surface area contributed by atoms with Crippen LogP contribution in [0.25, 0.3) is 0 Å². The van der Waals surface area contributed by atoms with E-state index in [0.29, 0.717) is 17.9 Å². The van der Waals surface area contributed by atoms with Gasteiger partial charge in [-0.2, -0.15) is 5.26 Å². The van der Waals surface area contributed by atoms with Crippen LogP contribution in [0.5, 0.6) is 0 Å². The summed E-state index contributed by atoms with van der Waals surface area (Å²) in [6, 6.07) is 9.08. The van der Waals surface area contributed by atoms with Gasteiger partial charge >= 0.3 is 0 Å². The van der Waals surface area contributed by atoms with Gasteiger partial charge in [0, 0.05) is 25.8 Å². The van der Waals surface area contributed by atoms with Crippen molar-refractivity contribution in [3.63, 3.8) is 0 Å². The fraction of sp³-hybridized carbons (Fsp3) is 0.533. The lowest BCUT2D eigenvalue weighted by atomic mass is 9.88. The standard InChI is InChI=1S/C15H22N2O2S/c1-15(2,9-4-10-16)12-17-11-13-5-7-14(8-6-13)20(3,18)19/h5-8,17H,4,9,11-12H2,1-3H3. The Kier molecular flexibility index (Phi) is 5.73. The van der Waals surface area contributed by atoms with Crippen LogP contribution < -0.4 is 5.32 Å². The first kappa shape index (κ1) is 16.7. The van der Waals surface area contributed by atoms with Crippen molar-refractivity contribution in [2.75, 3.05) is 12.8 Å². The first-order chi connectivity index (χ1) is 9.24. The van der Waals surface area contributed by atoms with Crippen molar-refractivity contribution in [3.05, 3.63) is 29.8 Å². The molecular weight excluding hydrogens is 272 g/mol. The van der Waals surface area contributed by atoms with Gasteiger partial charge < -0.3 is 5.32 Å². The minimum Gasteiger partial charge on any atom is -0.312 e. The highest BCUT2D eigenvalue weighted by molar-refractivity contribution is 7.90. The Morgan fingerprint density at radius 2 is 1.85 bits per heavy atom. The van der Waals surface area contributed by atoms with Crippen LogP contribution in [-0.2, 0) is 16.4 Å². The van der Waals surface area contributed by atoms with Crippen LogP contribution in [0.1, 0.15) is 32.3 Å². The second-order valence-corrected chi connectivity index (χ2v) is 7.86. The Bertz CT molecular complexity index is 569. The van der Waals surface area contributed by atoms with Gasteiger partial charge in [-0.15, -0.1) is 0 Å². The third-order valence-corrected chi connectivity index (χ3v) is 4.33. The summed E-state index contributed by atoms with van der Waals surface area (Å²) in [7, 11) is -3.12. The van der Waals surface area contributed by atoms with Gasteiger partial charge in [-0.3, -0.25) is 0 Å². The summed E-state index contributed by atoms with van der Waals surface area (Å²) < 4.78 is 22.7. The average molecular weight is 294 g/mol. The number of sulfone groups is 1. The molecule has 0 saturated carbocycles. The van der Waals surface area contributed by atoms with Gasteiger partial charge in [0.2, 0.25) is 0 Å². The molecule has 4 nitrogen and oxygen atoms in total. The molecule has 0 bridgehead atoms. The second kappa shape index (κ2) is 6.87. The number of nitrogens with one attached hydrogen (secondary N) is 1. The van der Waals surface area contributed by atoms with E-state index < -0.39 is 9.84 Å². The average Bonchev–Trinajstić information content (AvgIpc) is 2.36. The van der Waals surface area contributed by atoms with E-state index in [9.17, 15) is 8.42 Å². The molecule has 0 spiro atoms. The molecule has 20 heavy (non-hydrogen) atoms. The fourth-order valence-corrected chi connectivity index (χ4v) is 2.51. The number of benzene rings is 1. The summed E-state index contributed by atoms with van der Waals surface area (Å²) in [6.07, 6.45) is 2.64. The maximum Gasteiger partial charge on any atom is 0.175 e. The van der Waals surface area contributed by atoms with Crippen LogP contribution in [0.3, 0.4) is 0 Å². The van der Waals surface area contributed by atoms with Gasteiger partial charge in [-0.25, -0.2) is 8.42 Å². The third kappa shape index (κ3) is 5.72. The largest absolute Gasteiger partial charge is 0.312 e. The zero-order valence-electron chi connectivity index (χ0n) is 12.3. The van der Waals surface area contributed by atoms with E-state index in [-0.39, 0.29) is 5.41 Å². The molecule has 1 aromatic carbocycles. The minimum absolute atomic E-state index is 0.0857. The van der Waals surface area contributed by atoms with E-state index in [1.165, 1.54) is 6.26 Å². The third-order valence-electron chi connectivity index (χ3n) is 3.20. The van der Waals surface area contributed by atoms with Gasteiger partial charge in [-0.1, -0.05) is 26.0 Å². The lowest BCUT2D eigenvalue weighted by molar-refractivity contribution is 0.317. The van der Waals surface area contributed by atoms with Crippen LogP contribution in [0.15, 0.2) is 29.2 Å². The topological polar surface area (TPSA) is 70.0 Å². The van der Waals surface area contributed by atoms with Gasteiger partial charge in [0.05, 0.1) is 11.0 Å². The van der Waals surface area contributed by atoms with Gasteiger partial charge in [-0.05, 0) is 29.5 Å². The predicted molar refractivity (Wildman–Crippen MR) is 79.9 cm³/mol. The number of nitrogens with zero attached hydrogens (tertiary/aromatic N) is 1. The first-order valence-electron chi connectivity index (χ1n) is 6.61. The van der Waals surface area contributed by atoms with Crippen LogP contribution >= 0.6 is 0 Å². The highest BCUT2D eigenvalue weighted by atomic mass is 32.2. The molecule has 1 N–H and O–H groups in total. The lowest BCUT2D eigenvalue weighted by Crippen LogP contribution is -2.29. The number of nitriles is 1. The number of rotatable bonds is 7. The van der Waals surface area contributed by atoms with Gasteiger partial charge in [0.1, 0.15) is 0 Å². The molecule has 0 amide bonds. The van der Waals surface area contributed by atoms with Crippen LogP contribution in [0, 0.1) is 16.7 Å². The lowest BCUT2D eigenvalue weighted by Gasteiger charge is -2.23. The van der Waals surface area contributed by atoms with E-state index in [1.54, 1.807) is 12.1 Å². The summed E-state index contributed by atoms with van der Waals surface area (Å²) in [6.45, 7) is 5.77. The van der Waals surface area contributed by atoms with Crippen LogP contribution in [-0.4, -0.2) is 21.2 Å². The quantitative estimate of drug-likeness (QED) is 0.839. The summed E-state index contributed by atoms with van der Waals surface area (Å²) in [5.41, 5.74) is 1.14. The summed E-state index contributed by atoms with van der Waals surface area (Å²) in [5, 5.41) is 12.0. The molecule has 0 fully saturated rings. The van der Waals surface area contributed by atoms with Crippen molar-refractivity contribution in [2.24, 2.45) is 5.41 Å². The zero-order chi connectivity index (χ0) is 15.2. The highest BCUT2D eigenvalue weighted by Crippen LogP contribution is 2.20. The minimum atomic E-state index is -3.12. The molecule has 0 atom stereocenters. The first-order valence-corrected chi connectivity index (χ1v) is 8.50. The molecule has 5 heteroatoms. The Labute approximate surface area is 121 Å². The maximum atomic E-state index is 11.3.